The second-order valence-electron chi connectivity index (χ2n) is 1.95. The van der Waals surface area contributed by atoms with E-state index in [1.807, 2.05) is 0 Å². The van der Waals surface area contributed by atoms with Crippen molar-refractivity contribution in [2.24, 2.45) is 0 Å². The minimum absolute atomic E-state index is 0. The Hall–Kier alpha value is 0.0700. The van der Waals surface area contributed by atoms with Crippen molar-refractivity contribution >= 4 is 24.0 Å². The number of hydrogen-bond acceptors (Lipinski definition) is 2. The second kappa shape index (κ2) is 3.17. The Balaban J connectivity index is 0.000000490. The van der Waals surface area contributed by atoms with Crippen molar-refractivity contribution in [2.75, 3.05) is 20.8 Å². The smallest absolute Gasteiger partial charge is 0.0887 e. The molecule has 0 aliphatic carbocycles. The van der Waals surface area contributed by atoms with Crippen LogP contribution in [-0.4, -0.2) is 30.6 Å². The second-order valence-corrected chi connectivity index (χ2v) is 1.95. The molecule has 1 rings (SSSR count). The molecule has 0 aromatic heterocycles. The lowest BCUT2D eigenvalue weighted by molar-refractivity contribution is 0.340. The van der Waals surface area contributed by atoms with Crippen molar-refractivity contribution in [3.63, 3.8) is 0 Å². The van der Waals surface area contributed by atoms with E-state index in [2.05, 4.69) is 36.3 Å². The molecule has 2 nitrogen and oxygen atoms in total. The average Bonchev–Trinajstić information content (AvgIpc) is 1.87. The fourth-order valence-corrected chi connectivity index (χ4v) is 0.674. The molecule has 0 atom stereocenters. The molecule has 8 heavy (non-hydrogen) atoms. The molecule has 48 valence electrons. The Morgan fingerprint density at radius 1 is 1.12 bits per heavy atom. The van der Waals surface area contributed by atoms with Crippen LogP contribution in [0, 0.1) is 0 Å². The maximum absolute atomic E-state index is 2.12. The van der Waals surface area contributed by atoms with Crippen LogP contribution in [0.1, 0.15) is 0 Å². The molecular weight excluding hydrogens is 215 g/mol. The van der Waals surface area contributed by atoms with Crippen LogP contribution in [0.15, 0.2) is 12.4 Å². The Morgan fingerprint density at radius 3 is 1.62 bits per heavy atom. The summed E-state index contributed by atoms with van der Waals surface area (Å²) >= 11 is 0. The molecule has 0 fully saturated rings. The van der Waals surface area contributed by atoms with E-state index in [0.29, 0.717) is 0 Å². The van der Waals surface area contributed by atoms with Crippen LogP contribution >= 0.6 is 24.0 Å². The summed E-state index contributed by atoms with van der Waals surface area (Å²) in [6.07, 6.45) is 4.11. The lowest BCUT2D eigenvalue weighted by Crippen LogP contribution is -2.17. The van der Waals surface area contributed by atoms with Crippen molar-refractivity contribution in [1.29, 1.82) is 0 Å². The Morgan fingerprint density at radius 2 is 1.50 bits per heavy atom. The van der Waals surface area contributed by atoms with Crippen LogP contribution in [0.4, 0.5) is 0 Å². The molecule has 0 unspecified atom stereocenters. The van der Waals surface area contributed by atoms with Gasteiger partial charge in [-0.25, -0.2) is 0 Å². The molecule has 0 spiro atoms. The van der Waals surface area contributed by atoms with E-state index >= 15 is 0 Å². The minimum Gasteiger partial charge on any atom is -0.362 e. The van der Waals surface area contributed by atoms with Crippen LogP contribution in [-0.2, 0) is 0 Å². The molecule has 0 saturated heterocycles. The predicted molar refractivity (Wildman–Crippen MR) is 44.9 cm³/mol. The van der Waals surface area contributed by atoms with Gasteiger partial charge in [0.05, 0.1) is 6.67 Å². The zero-order chi connectivity index (χ0) is 5.28. The molecular formula is C5H11IN2. The van der Waals surface area contributed by atoms with Gasteiger partial charge in [0.15, 0.2) is 0 Å². The summed E-state index contributed by atoms with van der Waals surface area (Å²) in [7, 11) is 4.11. The van der Waals surface area contributed by atoms with E-state index < -0.39 is 0 Å². The quantitative estimate of drug-likeness (QED) is 0.566. The van der Waals surface area contributed by atoms with Gasteiger partial charge in [0.2, 0.25) is 0 Å². The fourth-order valence-electron chi connectivity index (χ4n) is 0.674. The molecule has 0 aromatic carbocycles. The Bertz CT molecular complexity index is 82.4. The lowest BCUT2D eigenvalue weighted by atomic mass is 10.9. The summed E-state index contributed by atoms with van der Waals surface area (Å²) in [4.78, 5) is 4.25. The largest absolute Gasteiger partial charge is 0.362 e. The predicted octanol–water partition coefficient (Wildman–Crippen LogP) is 0.910. The number of nitrogens with zero attached hydrogens (tertiary/aromatic N) is 2. The Labute approximate surface area is 67.2 Å². The molecule has 1 aliphatic rings. The first-order valence-corrected chi connectivity index (χ1v) is 2.38. The van der Waals surface area contributed by atoms with Crippen molar-refractivity contribution in [2.45, 2.75) is 0 Å². The zero-order valence-electron chi connectivity index (χ0n) is 5.16. The third-order valence-electron chi connectivity index (χ3n) is 1.02. The first kappa shape index (κ1) is 8.07. The first-order valence-electron chi connectivity index (χ1n) is 2.38. The van der Waals surface area contributed by atoms with Gasteiger partial charge in [0.25, 0.3) is 0 Å². The van der Waals surface area contributed by atoms with Gasteiger partial charge in [-0.2, -0.15) is 0 Å². The summed E-state index contributed by atoms with van der Waals surface area (Å²) in [5.74, 6) is 0. The number of rotatable bonds is 0. The number of hydrogen-bond donors (Lipinski definition) is 0. The molecule has 0 aromatic rings. The molecule has 1 heterocycles. The lowest BCUT2D eigenvalue weighted by Gasteiger charge is -2.10. The van der Waals surface area contributed by atoms with E-state index in [9.17, 15) is 0 Å². The van der Waals surface area contributed by atoms with Crippen LogP contribution in [0.3, 0.4) is 0 Å². The molecule has 0 bridgehead atoms. The molecule has 0 saturated carbocycles. The summed E-state index contributed by atoms with van der Waals surface area (Å²) in [5, 5.41) is 0. The van der Waals surface area contributed by atoms with Crippen molar-refractivity contribution in [3.05, 3.63) is 12.4 Å². The highest BCUT2D eigenvalue weighted by Gasteiger charge is 1.99. The van der Waals surface area contributed by atoms with Gasteiger partial charge in [-0.3, -0.25) is 0 Å². The van der Waals surface area contributed by atoms with Gasteiger partial charge in [0.1, 0.15) is 0 Å². The normalized spacial score (nSPS) is 16.8. The van der Waals surface area contributed by atoms with Gasteiger partial charge in [-0.05, 0) is 0 Å². The summed E-state index contributed by atoms with van der Waals surface area (Å²) in [6, 6.07) is 0. The van der Waals surface area contributed by atoms with E-state index in [1.165, 1.54) is 0 Å². The highest BCUT2D eigenvalue weighted by Crippen LogP contribution is 1.97. The molecule has 0 amide bonds. The van der Waals surface area contributed by atoms with Crippen molar-refractivity contribution in [1.82, 2.24) is 9.80 Å². The summed E-state index contributed by atoms with van der Waals surface area (Å²) in [6.45, 7) is 1.03. The van der Waals surface area contributed by atoms with Gasteiger partial charge in [-0.15, -0.1) is 24.0 Å². The van der Waals surface area contributed by atoms with Crippen LogP contribution in [0.5, 0.6) is 0 Å². The average molecular weight is 226 g/mol. The highest BCUT2D eigenvalue weighted by atomic mass is 127. The van der Waals surface area contributed by atoms with Crippen molar-refractivity contribution in [3.8, 4) is 0 Å². The SMILES string of the molecule is CN1C=CN(C)C1.I. The van der Waals surface area contributed by atoms with Crippen molar-refractivity contribution < 1.29 is 0 Å². The van der Waals surface area contributed by atoms with E-state index in [4.69, 9.17) is 0 Å². The van der Waals surface area contributed by atoms with Gasteiger partial charge < -0.3 is 9.80 Å². The van der Waals surface area contributed by atoms with Crippen LogP contribution in [0.25, 0.3) is 0 Å². The molecule has 1 aliphatic heterocycles. The maximum atomic E-state index is 2.12. The van der Waals surface area contributed by atoms with Crippen LogP contribution in [0.2, 0.25) is 0 Å². The number of halogens is 1. The summed E-state index contributed by atoms with van der Waals surface area (Å²) < 4.78 is 0. The molecule has 3 heteroatoms. The standard InChI is InChI=1S/C5H10N2.HI/c1-6-3-4-7(2)5-6;/h3-4H,5H2,1-2H3;1H. The Kier molecular flexibility index (Phi) is 3.19. The van der Waals surface area contributed by atoms with Gasteiger partial charge >= 0.3 is 0 Å². The molecule has 0 N–H and O–H groups in total. The minimum atomic E-state index is 0. The monoisotopic (exact) mass is 226 g/mol. The first-order chi connectivity index (χ1) is 3.29. The molecule has 0 radical (unpaired) electrons. The van der Waals surface area contributed by atoms with E-state index in [-0.39, 0.29) is 24.0 Å². The highest BCUT2D eigenvalue weighted by molar-refractivity contribution is 14.0. The topological polar surface area (TPSA) is 6.48 Å². The third kappa shape index (κ3) is 1.90. The zero-order valence-corrected chi connectivity index (χ0v) is 7.49. The fraction of sp³-hybridized carbons (Fsp3) is 0.600. The third-order valence-corrected chi connectivity index (χ3v) is 1.02. The van der Waals surface area contributed by atoms with E-state index in [0.717, 1.165) is 6.67 Å². The van der Waals surface area contributed by atoms with Gasteiger partial charge in [-0.1, -0.05) is 0 Å². The van der Waals surface area contributed by atoms with E-state index in [1.54, 1.807) is 0 Å². The maximum Gasteiger partial charge on any atom is 0.0887 e. The summed E-state index contributed by atoms with van der Waals surface area (Å²) in [5.41, 5.74) is 0. The van der Waals surface area contributed by atoms with Gasteiger partial charge in [0, 0.05) is 26.5 Å². The van der Waals surface area contributed by atoms with Crippen LogP contribution < -0.4 is 0 Å².